The minimum absolute atomic E-state index is 0.110. The molecule has 222 valence electrons. The van der Waals surface area contributed by atoms with Crippen LogP contribution in [0.25, 0.3) is 33.6 Å². The Hall–Kier alpha value is -5.82. The molecule has 0 N–H and O–H groups in total. The molecule has 0 saturated carbocycles. The fourth-order valence-electron chi connectivity index (χ4n) is 5.74. The van der Waals surface area contributed by atoms with Crippen molar-refractivity contribution in [2.75, 3.05) is 13.7 Å². The van der Waals surface area contributed by atoms with E-state index in [1.165, 1.54) is 4.90 Å². The summed E-state index contributed by atoms with van der Waals surface area (Å²) in [6, 6.07) is 42.5. The van der Waals surface area contributed by atoms with Crippen molar-refractivity contribution in [2.24, 2.45) is 5.16 Å². The topological polar surface area (TPSA) is 65.3 Å². The molecule has 0 atom stereocenters. The second kappa shape index (κ2) is 12.4. The number of fused-ring (bicyclic) bond motifs is 3. The first-order valence-corrected chi connectivity index (χ1v) is 14.9. The van der Waals surface area contributed by atoms with E-state index in [2.05, 4.69) is 52.2 Å². The van der Waals surface area contributed by atoms with E-state index in [-0.39, 0.29) is 24.3 Å². The molecule has 0 aliphatic carbocycles. The Morgan fingerprint density at radius 2 is 1.49 bits per heavy atom. The molecule has 0 bridgehead atoms. The molecule has 7 nitrogen and oxygen atoms in total. The summed E-state index contributed by atoms with van der Waals surface area (Å²) in [5, 5.41) is 6.46. The number of hydrogen-bond donors (Lipinski definition) is 0. The van der Waals surface area contributed by atoms with Crippen LogP contribution in [0.2, 0.25) is 0 Å². The number of ether oxygens (including phenoxy) is 2. The first-order valence-electron chi connectivity index (χ1n) is 14.9. The lowest BCUT2D eigenvalue weighted by Gasteiger charge is -2.14. The van der Waals surface area contributed by atoms with Crippen molar-refractivity contribution in [2.45, 2.75) is 13.0 Å². The van der Waals surface area contributed by atoms with Crippen LogP contribution >= 0.6 is 0 Å². The van der Waals surface area contributed by atoms with Crippen LogP contribution in [0, 0.1) is 0 Å². The minimum atomic E-state index is -0.279. The van der Waals surface area contributed by atoms with Crippen LogP contribution in [0.15, 0.2) is 138 Å². The van der Waals surface area contributed by atoms with Gasteiger partial charge in [-0.3, -0.25) is 9.69 Å². The summed E-state index contributed by atoms with van der Waals surface area (Å²) in [7, 11) is 1.64. The molecule has 0 unspecified atom stereocenters. The van der Waals surface area contributed by atoms with E-state index in [9.17, 15) is 4.79 Å². The van der Waals surface area contributed by atoms with Gasteiger partial charge in [-0.2, -0.15) is 0 Å². The number of methoxy groups -OCH3 is 1. The number of rotatable bonds is 9. The van der Waals surface area contributed by atoms with E-state index in [1.54, 1.807) is 13.2 Å². The molecule has 1 amide bonds. The van der Waals surface area contributed by atoms with Gasteiger partial charge in [0.2, 0.25) is 0 Å². The molecule has 45 heavy (non-hydrogen) atoms. The fourth-order valence-corrected chi connectivity index (χ4v) is 5.74. The monoisotopic (exact) mass is 593 g/mol. The Morgan fingerprint density at radius 1 is 0.778 bits per heavy atom. The predicted molar refractivity (Wildman–Crippen MR) is 177 cm³/mol. The van der Waals surface area contributed by atoms with Gasteiger partial charge in [0.05, 0.1) is 18.1 Å². The van der Waals surface area contributed by atoms with Crippen molar-refractivity contribution in [3.05, 3.63) is 150 Å². The summed E-state index contributed by atoms with van der Waals surface area (Å²) >= 11 is 0. The van der Waals surface area contributed by atoms with Crippen LogP contribution in [0.5, 0.6) is 5.75 Å². The molecular weight excluding hydrogens is 562 g/mol. The standard InChI is InChI=1S/C38H31N3O4/c1-43-35-19-11-8-14-29(35)22-23-40-37(42)36(45-38(40)39-44-26-27-12-4-2-5-13-27)25-28-20-21-34-32(24-28)31-17-9-10-18-33(31)41(34)30-15-6-3-7-16-30/h2-21,24-25H,22-23,26H2,1H3. The van der Waals surface area contributed by atoms with Crippen molar-refractivity contribution < 1.29 is 19.1 Å². The van der Waals surface area contributed by atoms with Gasteiger partial charge in [0.15, 0.2) is 5.76 Å². The van der Waals surface area contributed by atoms with E-state index in [4.69, 9.17) is 14.3 Å². The molecule has 1 saturated heterocycles. The SMILES string of the molecule is COc1ccccc1CCN1C(=O)C(=Cc2ccc3c(c2)c2ccccc2n3-c2ccccc2)OC1=NOCc1ccccc1. The number of carbonyl (C=O) groups is 1. The molecule has 1 aliphatic heterocycles. The Kier molecular flexibility index (Phi) is 7.72. The lowest BCUT2D eigenvalue weighted by molar-refractivity contribution is -0.122. The van der Waals surface area contributed by atoms with Crippen molar-refractivity contribution >= 4 is 39.8 Å². The van der Waals surface area contributed by atoms with E-state index in [0.29, 0.717) is 13.0 Å². The number of hydrogen-bond acceptors (Lipinski definition) is 5. The van der Waals surface area contributed by atoms with E-state index < -0.39 is 0 Å². The number of oxime groups is 1. The first-order chi connectivity index (χ1) is 22.2. The van der Waals surface area contributed by atoms with Gasteiger partial charge in [-0.25, -0.2) is 0 Å². The second-order valence-electron chi connectivity index (χ2n) is 10.7. The maximum atomic E-state index is 13.8. The van der Waals surface area contributed by atoms with Gasteiger partial charge in [0.1, 0.15) is 12.4 Å². The van der Waals surface area contributed by atoms with Gasteiger partial charge < -0.3 is 18.9 Å². The smallest absolute Gasteiger partial charge is 0.339 e. The highest BCUT2D eigenvalue weighted by atomic mass is 16.7. The zero-order valence-corrected chi connectivity index (χ0v) is 24.8. The van der Waals surface area contributed by atoms with Crippen molar-refractivity contribution in [3.63, 3.8) is 0 Å². The van der Waals surface area contributed by atoms with Gasteiger partial charge in [-0.1, -0.05) is 91.0 Å². The molecule has 0 spiro atoms. The van der Waals surface area contributed by atoms with Crippen LogP contribution in [-0.4, -0.2) is 35.1 Å². The third-order valence-corrected chi connectivity index (χ3v) is 7.91. The number of para-hydroxylation sites is 3. The highest BCUT2D eigenvalue weighted by Crippen LogP contribution is 2.33. The molecular formula is C38H31N3O4. The van der Waals surface area contributed by atoms with Crippen LogP contribution in [0.4, 0.5) is 0 Å². The highest BCUT2D eigenvalue weighted by Gasteiger charge is 2.35. The first kappa shape index (κ1) is 28.0. The Balaban J connectivity index is 1.22. The predicted octanol–water partition coefficient (Wildman–Crippen LogP) is 7.72. The quantitative estimate of drug-likeness (QED) is 0.127. The second-order valence-corrected chi connectivity index (χ2v) is 10.7. The number of carbonyl (C=O) groups excluding carboxylic acids is 1. The normalized spacial score (nSPS) is 14.9. The van der Waals surface area contributed by atoms with Crippen LogP contribution < -0.4 is 4.74 Å². The number of nitrogens with zero attached hydrogens (tertiary/aromatic N) is 3. The largest absolute Gasteiger partial charge is 0.496 e. The van der Waals surface area contributed by atoms with E-state index in [1.807, 2.05) is 84.9 Å². The zero-order valence-electron chi connectivity index (χ0n) is 24.8. The molecule has 2 heterocycles. The van der Waals surface area contributed by atoms with Crippen LogP contribution in [0.3, 0.4) is 0 Å². The lowest BCUT2D eigenvalue weighted by atomic mass is 10.1. The molecule has 1 aromatic heterocycles. The maximum Gasteiger partial charge on any atom is 0.339 e. The summed E-state index contributed by atoms with van der Waals surface area (Å²) in [6.45, 7) is 0.594. The zero-order chi connectivity index (χ0) is 30.6. The summed E-state index contributed by atoms with van der Waals surface area (Å²) in [5.41, 5.74) is 6.08. The number of amides is 1. The Bertz CT molecular complexity index is 2050. The van der Waals surface area contributed by atoms with Crippen LogP contribution in [-0.2, 0) is 27.4 Å². The summed E-state index contributed by atoms with van der Waals surface area (Å²) in [5.74, 6) is 0.671. The van der Waals surface area contributed by atoms with E-state index in [0.717, 1.165) is 49.9 Å². The van der Waals surface area contributed by atoms with Crippen LogP contribution in [0.1, 0.15) is 16.7 Å². The van der Waals surface area contributed by atoms with Gasteiger partial charge in [0, 0.05) is 23.0 Å². The fraction of sp³-hybridized carbons (Fsp3) is 0.105. The lowest BCUT2D eigenvalue weighted by Crippen LogP contribution is -2.32. The molecule has 7 heteroatoms. The molecule has 0 radical (unpaired) electrons. The summed E-state index contributed by atoms with van der Waals surface area (Å²) in [4.78, 5) is 20.9. The highest BCUT2D eigenvalue weighted by molar-refractivity contribution is 6.12. The summed E-state index contributed by atoms with van der Waals surface area (Å²) in [6.07, 6.45) is 2.32. The minimum Gasteiger partial charge on any atom is -0.496 e. The molecule has 7 rings (SSSR count). The number of aromatic nitrogens is 1. The average molecular weight is 594 g/mol. The van der Waals surface area contributed by atoms with Gasteiger partial charge in [0.25, 0.3) is 5.91 Å². The Morgan fingerprint density at radius 3 is 2.31 bits per heavy atom. The summed E-state index contributed by atoms with van der Waals surface area (Å²) < 4.78 is 13.9. The number of amidine groups is 1. The molecule has 6 aromatic rings. The van der Waals surface area contributed by atoms with Gasteiger partial charge in [-0.15, -0.1) is 0 Å². The maximum absolute atomic E-state index is 13.8. The third kappa shape index (κ3) is 5.63. The Labute approximate surface area is 261 Å². The van der Waals surface area contributed by atoms with Crippen molar-refractivity contribution in [1.82, 2.24) is 9.47 Å². The van der Waals surface area contributed by atoms with Crippen molar-refractivity contribution in [1.29, 1.82) is 0 Å². The number of benzene rings is 5. The molecule has 1 fully saturated rings. The van der Waals surface area contributed by atoms with Gasteiger partial charge >= 0.3 is 6.02 Å². The van der Waals surface area contributed by atoms with E-state index >= 15 is 0 Å². The third-order valence-electron chi connectivity index (χ3n) is 7.91. The van der Waals surface area contributed by atoms with Crippen molar-refractivity contribution in [3.8, 4) is 11.4 Å². The molecule has 5 aromatic carbocycles. The van der Waals surface area contributed by atoms with Gasteiger partial charge in [-0.05, 0) is 70.7 Å². The molecule has 1 aliphatic rings. The average Bonchev–Trinajstić information content (AvgIpc) is 3.57.